The average Bonchev–Trinajstić information content (AvgIpc) is 3.34. The number of halogens is 1. The summed E-state index contributed by atoms with van der Waals surface area (Å²) >= 11 is 0. The monoisotopic (exact) mass is 397 g/mol. The van der Waals surface area contributed by atoms with Gasteiger partial charge in [0.1, 0.15) is 17.5 Å². The fraction of sp³-hybridized carbons (Fsp3) is 0.364. The molecule has 29 heavy (non-hydrogen) atoms. The second kappa shape index (κ2) is 5.72. The third-order valence-electron chi connectivity index (χ3n) is 5.61. The molecule has 0 unspecified atom stereocenters. The maximum Gasteiger partial charge on any atom is 0.341 e. The lowest BCUT2D eigenvalue weighted by Gasteiger charge is -2.38. The van der Waals surface area contributed by atoms with Gasteiger partial charge in [-0.25, -0.2) is 9.18 Å². The molecule has 1 fully saturated rings. The van der Waals surface area contributed by atoms with Gasteiger partial charge in [-0.3, -0.25) is 4.79 Å². The Hall–Kier alpha value is -3.09. The molecule has 2 aromatic heterocycles. The van der Waals surface area contributed by atoms with Crippen molar-refractivity contribution in [2.45, 2.75) is 45.8 Å². The van der Waals surface area contributed by atoms with Crippen molar-refractivity contribution in [1.82, 2.24) is 4.57 Å². The van der Waals surface area contributed by atoms with E-state index in [1.54, 1.807) is 0 Å². The normalized spacial score (nSPS) is 18.3. The Morgan fingerprint density at radius 1 is 1.28 bits per heavy atom. The van der Waals surface area contributed by atoms with Gasteiger partial charge in [-0.1, -0.05) is 20.8 Å². The van der Waals surface area contributed by atoms with Gasteiger partial charge < -0.3 is 18.8 Å². The van der Waals surface area contributed by atoms with Crippen LogP contribution in [0.4, 0.5) is 4.39 Å². The minimum atomic E-state index is -1.28. The highest BCUT2D eigenvalue weighted by Gasteiger charge is 2.41. The van der Waals surface area contributed by atoms with Crippen LogP contribution in [-0.4, -0.2) is 15.6 Å². The largest absolute Gasteiger partial charge is 0.480 e. The van der Waals surface area contributed by atoms with Crippen LogP contribution in [0.1, 0.15) is 61.7 Å². The Morgan fingerprint density at radius 2 is 2.00 bits per heavy atom. The highest BCUT2D eigenvalue weighted by Crippen LogP contribution is 2.53. The SMILES string of the molecule is CC(C)(C)[C@@H]1Oc2c(cc(F)c3ccoc23)-c2c1cc(C(=O)O)c(=O)n2C1CC1. The number of carboxylic acids is 1. The fourth-order valence-electron chi connectivity index (χ4n) is 4.16. The topological polar surface area (TPSA) is 81.7 Å². The Bertz CT molecular complexity index is 1240. The van der Waals surface area contributed by atoms with Crippen LogP contribution in [0.5, 0.6) is 5.75 Å². The van der Waals surface area contributed by atoms with Crippen molar-refractivity contribution >= 4 is 16.9 Å². The second-order valence-corrected chi connectivity index (χ2v) is 8.84. The molecule has 0 bridgehead atoms. The number of rotatable bonds is 2. The summed E-state index contributed by atoms with van der Waals surface area (Å²) < 4.78 is 28.2. The highest BCUT2D eigenvalue weighted by atomic mass is 19.1. The fourth-order valence-corrected chi connectivity index (χ4v) is 4.16. The van der Waals surface area contributed by atoms with Crippen molar-refractivity contribution in [2.75, 3.05) is 0 Å². The van der Waals surface area contributed by atoms with Crippen molar-refractivity contribution in [3.05, 3.63) is 51.8 Å². The number of carboxylic acid groups (broad SMARTS) is 1. The zero-order chi connectivity index (χ0) is 20.7. The molecule has 1 atom stereocenters. The van der Waals surface area contributed by atoms with Gasteiger partial charge in [-0.15, -0.1) is 0 Å². The van der Waals surface area contributed by atoms with Crippen LogP contribution in [0, 0.1) is 11.2 Å². The molecule has 0 saturated heterocycles. The summed E-state index contributed by atoms with van der Waals surface area (Å²) in [5, 5.41) is 9.91. The van der Waals surface area contributed by atoms with Crippen molar-refractivity contribution in [2.24, 2.45) is 5.41 Å². The molecule has 5 rings (SSSR count). The summed E-state index contributed by atoms with van der Waals surface area (Å²) in [6, 6.07) is 4.18. The van der Waals surface area contributed by atoms with Gasteiger partial charge >= 0.3 is 5.97 Å². The number of pyridine rings is 1. The molecule has 1 aliphatic carbocycles. The summed E-state index contributed by atoms with van der Waals surface area (Å²) in [6.07, 6.45) is 2.42. The number of ether oxygens (including phenoxy) is 1. The number of hydrogen-bond acceptors (Lipinski definition) is 4. The molecular formula is C22H20FNO5. The zero-order valence-corrected chi connectivity index (χ0v) is 16.3. The van der Waals surface area contributed by atoms with Crippen LogP contribution < -0.4 is 10.3 Å². The predicted molar refractivity (Wildman–Crippen MR) is 104 cm³/mol. The first kappa shape index (κ1) is 18.0. The molecule has 3 heterocycles. The Balaban J connectivity index is 1.95. The third-order valence-corrected chi connectivity index (χ3v) is 5.61. The minimum Gasteiger partial charge on any atom is -0.480 e. The Morgan fingerprint density at radius 3 is 2.62 bits per heavy atom. The average molecular weight is 397 g/mol. The van der Waals surface area contributed by atoms with E-state index in [-0.39, 0.29) is 17.2 Å². The number of hydrogen-bond donors (Lipinski definition) is 1. The first-order valence-corrected chi connectivity index (χ1v) is 9.58. The van der Waals surface area contributed by atoms with Crippen LogP contribution in [-0.2, 0) is 0 Å². The van der Waals surface area contributed by atoms with Crippen LogP contribution >= 0.6 is 0 Å². The van der Waals surface area contributed by atoms with E-state index in [1.165, 1.54) is 29.0 Å². The molecule has 1 saturated carbocycles. The molecule has 0 radical (unpaired) electrons. The number of furan rings is 1. The molecule has 6 nitrogen and oxygen atoms in total. The summed E-state index contributed by atoms with van der Waals surface area (Å²) in [5.41, 5.74) is 0.538. The molecule has 2 aliphatic rings. The van der Waals surface area contributed by atoms with Crippen LogP contribution in [0.25, 0.3) is 22.2 Å². The summed E-state index contributed by atoms with van der Waals surface area (Å²) in [4.78, 5) is 24.8. The van der Waals surface area contributed by atoms with Gasteiger partial charge in [-0.05, 0) is 31.0 Å². The van der Waals surface area contributed by atoms with E-state index >= 15 is 0 Å². The Kier molecular flexibility index (Phi) is 3.54. The van der Waals surface area contributed by atoms with E-state index in [4.69, 9.17) is 9.15 Å². The first-order chi connectivity index (χ1) is 13.7. The van der Waals surface area contributed by atoms with E-state index in [2.05, 4.69) is 0 Å². The molecular weight excluding hydrogens is 377 g/mol. The molecule has 150 valence electrons. The van der Waals surface area contributed by atoms with E-state index < -0.39 is 28.9 Å². The predicted octanol–water partition coefficient (Wildman–Crippen LogP) is 4.91. The first-order valence-electron chi connectivity index (χ1n) is 9.58. The molecule has 0 amide bonds. The van der Waals surface area contributed by atoms with Crippen molar-refractivity contribution in [1.29, 1.82) is 0 Å². The van der Waals surface area contributed by atoms with Crippen LogP contribution in [0.2, 0.25) is 0 Å². The number of carbonyl (C=O) groups is 1. The molecule has 7 heteroatoms. The lowest BCUT2D eigenvalue weighted by Crippen LogP contribution is -2.34. The van der Waals surface area contributed by atoms with Gasteiger partial charge in [0, 0.05) is 22.6 Å². The number of fused-ring (bicyclic) bond motifs is 5. The minimum absolute atomic E-state index is 0.0996. The van der Waals surface area contributed by atoms with Crippen LogP contribution in [0.3, 0.4) is 0 Å². The van der Waals surface area contributed by atoms with Gasteiger partial charge in [0.05, 0.1) is 17.3 Å². The van der Waals surface area contributed by atoms with Crippen LogP contribution in [0.15, 0.2) is 33.7 Å². The number of aromatic nitrogens is 1. The third kappa shape index (κ3) is 2.53. The molecule has 3 aromatic rings. The molecule has 0 spiro atoms. The molecule has 1 aliphatic heterocycles. The molecule has 1 N–H and O–H groups in total. The van der Waals surface area contributed by atoms with Crippen molar-refractivity contribution in [3.63, 3.8) is 0 Å². The van der Waals surface area contributed by atoms with E-state index in [1.807, 2.05) is 20.8 Å². The maximum atomic E-state index is 14.8. The lowest BCUT2D eigenvalue weighted by molar-refractivity contribution is 0.0688. The van der Waals surface area contributed by atoms with E-state index in [9.17, 15) is 19.1 Å². The van der Waals surface area contributed by atoms with E-state index in [0.717, 1.165) is 12.8 Å². The van der Waals surface area contributed by atoms with Gasteiger partial charge in [-0.2, -0.15) is 0 Å². The highest BCUT2D eigenvalue weighted by molar-refractivity contribution is 5.94. The lowest BCUT2D eigenvalue weighted by atomic mass is 9.80. The standard InChI is InChI=1S/C22H20FNO5/c1-22(2,3)19-13-8-14(21(26)27)20(25)24(10-4-5-10)16(13)12-9-15(23)11-6-7-28-17(11)18(12)29-19/h6-10,19H,4-5H2,1-3H3,(H,26,27)/t19-/m1/s1. The Labute approximate surface area is 165 Å². The summed E-state index contributed by atoms with van der Waals surface area (Å²) in [6.45, 7) is 5.92. The number of nitrogens with zero attached hydrogens (tertiary/aromatic N) is 1. The van der Waals surface area contributed by atoms with Gasteiger partial charge in [0.2, 0.25) is 0 Å². The second-order valence-electron chi connectivity index (χ2n) is 8.84. The van der Waals surface area contributed by atoms with Crippen molar-refractivity contribution < 1.29 is 23.4 Å². The zero-order valence-electron chi connectivity index (χ0n) is 16.3. The summed E-state index contributed by atoms with van der Waals surface area (Å²) in [7, 11) is 0. The summed E-state index contributed by atoms with van der Waals surface area (Å²) in [5.74, 6) is -1.37. The quantitative estimate of drug-likeness (QED) is 0.664. The van der Waals surface area contributed by atoms with E-state index in [0.29, 0.717) is 28.0 Å². The smallest absolute Gasteiger partial charge is 0.341 e. The van der Waals surface area contributed by atoms with Gasteiger partial charge in [0.25, 0.3) is 5.56 Å². The molecule has 1 aromatic carbocycles. The maximum absolute atomic E-state index is 14.8. The van der Waals surface area contributed by atoms with Crippen molar-refractivity contribution in [3.8, 4) is 17.0 Å². The number of aromatic carboxylic acids is 1. The number of benzene rings is 1. The van der Waals surface area contributed by atoms with Gasteiger partial charge in [0.15, 0.2) is 11.3 Å².